The summed E-state index contributed by atoms with van der Waals surface area (Å²) in [6, 6.07) is 30.1. The van der Waals surface area contributed by atoms with Crippen molar-refractivity contribution in [3.63, 3.8) is 0 Å². The minimum Gasteiger partial charge on any atom is -0.482 e. The molecular weight excluding hydrogens is 280 g/mol. The summed E-state index contributed by atoms with van der Waals surface area (Å²) >= 11 is 0. The average Bonchev–Trinajstić information content (AvgIpc) is 3.36. The topological polar surface area (TPSA) is 9.23 Å². The zero-order chi connectivity index (χ0) is 15.3. The predicted molar refractivity (Wildman–Crippen MR) is 91.6 cm³/mol. The lowest BCUT2D eigenvalue weighted by atomic mass is 9.82. The van der Waals surface area contributed by atoms with Crippen LogP contribution in [-0.4, -0.2) is 0 Å². The zero-order valence-electron chi connectivity index (χ0n) is 12.9. The molecule has 3 unspecified atom stereocenters. The van der Waals surface area contributed by atoms with Gasteiger partial charge in [0.15, 0.2) is 0 Å². The van der Waals surface area contributed by atoms with E-state index in [1.807, 2.05) is 0 Å². The number of benzene rings is 3. The quantitative estimate of drug-likeness (QED) is 0.637. The maximum absolute atomic E-state index is 6.53. The molecule has 112 valence electrons. The molecule has 1 fully saturated rings. The molecule has 1 saturated carbocycles. The van der Waals surface area contributed by atoms with Crippen molar-refractivity contribution in [3.8, 4) is 5.75 Å². The second-order valence-corrected chi connectivity index (χ2v) is 6.59. The Hall–Kier alpha value is -2.54. The first-order chi connectivity index (χ1) is 11.4. The van der Waals surface area contributed by atoms with Gasteiger partial charge in [-0.1, -0.05) is 78.9 Å². The zero-order valence-corrected chi connectivity index (χ0v) is 12.9. The number of ether oxygens (including phenoxy) is 1. The van der Waals surface area contributed by atoms with Crippen LogP contribution < -0.4 is 4.74 Å². The van der Waals surface area contributed by atoms with E-state index in [-0.39, 0.29) is 5.60 Å². The van der Waals surface area contributed by atoms with Gasteiger partial charge < -0.3 is 4.74 Å². The summed E-state index contributed by atoms with van der Waals surface area (Å²) < 4.78 is 6.53. The molecule has 0 aromatic heterocycles. The Bertz CT molecular complexity index is 840. The molecule has 1 aliphatic heterocycles. The molecule has 0 saturated heterocycles. The van der Waals surface area contributed by atoms with Gasteiger partial charge in [-0.15, -0.1) is 0 Å². The minimum atomic E-state index is -0.143. The van der Waals surface area contributed by atoms with Gasteiger partial charge in [0.1, 0.15) is 11.4 Å². The number of hydrogen-bond acceptors (Lipinski definition) is 1. The third-order valence-electron chi connectivity index (χ3n) is 5.33. The van der Waals surface area contributed by atoms with Gasteiger partial charge in [0.05, 0.1) is 0 Å². The summed E-state index contributed by atoms with van der Waals surface area (Å²) in [4.78, 5) is 0. The van der Waals surface area contributed by atoms with Gasteiger partial charge in [0.2, 0.25) is 0 Å². The second-order valence-electron chi connectivity index (χ2n) is 6.59. The normalized spacial score (nSPS) is 27.5. The van der Waals surface area contributed by atoms with Gasteiger partial charge in [-0.05, 0) is 23.6 Å². The number of rotatable bonds is 2. The highest BCUT2D eigenvalue weighted by atomic mass is 16.5. The Kier molecular flexibility index (Phi) is 2.66. The van der Waals surface area contributed by atoms with Crippen LogP contribution in [0.3, 0.4) is 0 Å². The fourth-order valence-electron chi connectivity index (χ4n) is 4.20. The van der Waals surface area contributed by atoms with Crippen LogP contribution in [0.15, 0.2) is 84.9 Å². The molecule has 1 heterocycles. The highest BCUT2D eigenvalue weighted by molar-refractivity contribution is 5.51. The minimum absolute atomic E-state index is 0.143. The van der Waals surface area contributed by atoms with Crippen LogP contribution >= 0.6 is 0 Å². The largest absolute Gasteiger partial charge is 0.482 e. The van der Waals surface area contributed by atoms with Crippen molar-refractivity contribution in [2.45, 2.75) is 17.9 Å². The molecule has 3 atom stereocenters. The molecule has 3 aromatic rings. The van der Waals surface area contributed by atoms with Crippen LogP contribution in [0.1, 0.15) is 29.0 Å². The summed E-state index contributed by atoms with van der Waals surface area (Å²) in [7, 11) is 0. The standard InChI is InChI=1S/C22H18O/c1-3-9-16(10-4-1)21-18-13-7-8-14-20(18)23-22(15-19(21)22)17-11-5-2-6-12-17/h1-14,19,21H,15H2. The maximum atomic E-state index is 6.53. The van der Waals surface area contributed by atoms with Gasteiger partial charge >= 0.3 is 0 Å². The van der Waals surface area contributed by atoms with Crippen LogP contribution in [0.25, 0.3) is 0 Å². The molecule has 0 spiro atoms. The van der Waals surface area contributed by atoms with Gasteiger partial charge in [-0.3, -0.25) is 0 Å². The molecule has 1 nitrogen and oxygen atoms in total. The number of para-hydroxylation sites is 1. The third-order valence-corrected chi connectivity index (χ3v) is 5.33. The van der Waals surface area contributed by atoms with Gasteiger partial charge in [0, 0.05) is 17.4 Å². The van der Waals surface area contributed by atoms with E-state index in [2.05, 4.69) is 84.9 Å². The maximum Gasteiger partial charge on any atom is 0.138 e. The Morgan fingerprint density at radius 3 is 2.17 bits per heavy atom. The van der Waals surface area contributed by atoms with Crippen LogP contribution in [0.2, 0.25) is 0 Å². The van der Waals surface area contributed by atoms with Crippen molar-refractivity contribution >= 4 is 0 Å². The molecule has 23 heavy (non-hydrogen) atoms. The smallest absolute Gasteiger partial charge is 0.138 e. The summed E-state index contributed by atoms with van der Waals surface area (Å²) in [6.45, 7) is 0. The van der Waals surface area contributed by atoms with Crippen molar-refractivity contribution < 1.29 is 4.74 Å². The van der Waals surface area contributed by atoms with Crippen LogP contribution in [-0.2, 0) is 5.60 Å². The van der Waals surface area contributed by atoms with Crippen molar-refractivity contribution in [2.24, 2.45) is 5.92 Å². The van der Waals surface area contributed by atoms with Crippen molar-refractivity contribution in [3.05, 3.63) is 102 Å². The van der Waals surface area contributed by atoms with Gasteiger partial charge in [0.25, 0.3) is 0 Å². The fraction of sp³-hybridized carbons (Fsp3) is 0.182. The predicted octanol–water partition coefficient (Wildman–Crippen LogP) is 5.13. The first-order valence-corrected chi connectivity index (χ1v) is 8.27. The lowest BCUT2D eigenvalue weighted by Crippen LogP contribution is -2.27. The Morgan fingerprint density at radius 2 is 1.39 bits per heavy atom. The Balaban J connectivity index is 1.67. The van der Waals surface area contributed by atoms with E-state index >= 15 is 0 Å². The second kappa shape index (κ2) is 4.73. The monoisotopic (exact) mass is 298 g/mol. The molecule has 3 aromatic carbocycles. The highest BCUT2D eigenvalue weighted by Gasteiger charge is 2.64. The summed E-state index contributed by atoms with van der Waals surface area (Å²) in [5.41, 5.74) is 3.88. The summed E-state index contributed by atoms with van der Waals surface area (Å²) in [5.74, 6) is 1.97. The highest BCUT2D eigenvalue weighted by Crippen LogP contribution is 2.66. The van der Waals surface area contributed by atoms with E-state index in [1.165, 1.54) is 16.7 Å². The molecule has 2 aliphatic rings. The lowest BCUT2D eigenvalue weighted by molar-refractivity contribution is 0.139. The van der Waals surface area contributed by atoms with E-state index < -0.39 is 0 Å². The van der Waals surface area contributed by atoms with Crippen molar-refractivity contribution in [1.82, 2.24) is 0 Å². The molecule has 1 heteroatoms. The van der Waals surface area contributed by atoms with Crippen LogP contribution in [0.5, 0.6) is 5.75 Å². The molecule has 0 amide bonds. The summed E-state index contributed by atoms with van der Waals surface area (Å²) in [5, 5.41) is 0. The molecule has 0 N–H and O–H groups in total. The summed E-state index contributed by atoms with van der Waals surface area (Å²) in [6.07, 6.45) is 1.09. The molecule has 0 bridgehead atoms. The van der Waals surface area contributed by atoms with Gasteiger partial charge in [-0.25, -0.2) is 0 Å². The first kappa shape index (κ1) is 13.0. The molecular formula is C22H18O. The van der Waals surface area contributed by atoms with E-state index in [1.54, 1.807) is 0 Å². The van der Waals surface area contributed by atoms with Crippen LogP contribution in [0.4, 0.5) is 0 Å². The SMILES string of the molecule is c1ccc(C2c3ccccc3OC3(c4ccccc4)CC23)cc1. The van der Waals surface area contributed by atoms with Crippen molar-refractivity contribution in [2.75, 3.05) is 0 Å². The molecule has 1 aliphatic carbocycles. The van der Waals surface area contributed by atoms with Gasteiger partial charge in [-0.2, -0.15) is 0 Å². The third kappa shape index (κ3) is 1.86. The molecule has 5 rings (SSSR count). The van der Waals surface area contributed by atoms with E-state index in [4.69, 9.17) is 4.74 Å². The average molecular weight is 298 g/mol. The van der Waals surface area contributed by atoms with E-state index in [0.29, 0.717) is 11.8 Å². The Morgan fingerprint density at radius 1 is 0.739 bits per heavy atom. The van der Waals surface area contributed by atoms with E-state index in [9.17, 15) is 0 Å². The fourth-order valence-corrected chi connectivity index (χ4v) is 4.20. The lowest BCUT2D eigenvalue weighted by Gasteiger charge is -2.32. The van der Waals surface area contributed by atoms with Crippen LogP contribution in [0, 0.1) is 5.92 Å². The first-order valence-electron chi connectivity index (χ1n) is 8.27. The number of hydrogen-bond donors (Lipinski definition) is 0. The van der Waals surface area contributed by atoms with E-state index in [0.717, 1.165) is 12.2 Å². The molecule has 0 radical (unpaired) electrons. The van der Waals surface area contributed by atoms with Crippen molar-refractivity contribution in [1.29, 1.82) is 0 Å². The number of fused-ring (bicyclic) bond motifs is 2. The Labute approximate surface area is 136 Å².